The molecule has 2 fully saturated rings. The van der Waals surface area contributed by atoms with E-state index in [1.54, 1.807) is 12.1 Å². The summed E-state index contributed by atoms with van der Waals surface area (Å²) < 4.78 is 5.60. The molecule has 1 aliphatic heterocycles. The van der Waals surface area contributed by atoms with Crippen LogP contribution in [0.1, 0.15) is 25.7 Å². The number of halogens is 1. The van der Waals surface area contributed by atoms with Gasteiger partial charge in [0.25, 0.3) is 0 Å². The van der Waals surface area contributed by atoms with E-state index in [1.807, 2.05) is 11.0 Å². The molecule has 1 aromatic carbocycles. The van der Waals surface area contributed by atoms with E-state index in [1.165, 1.54) is 12.8 Å². The van der Waals surface area contributed by atoms with Crippen LogP contribution in [0.2, 0.25) is 5.02 Å². The number of nitrogens with zero attached hydrogens (tertiary/aromatic N) is 1. The molecule has 1 aromatic rings. The molecule has 2 N–H and O–H groups in total. The normalized spacial score (nSPS) is 18.5. The van der Waals surface area contributed by atoms with Gasteiger partial charge in [-0.05, 0) is 31.0 Å². The number of anilines is 2. The first kappa shape index (κ1) is 17.0. The molecule has 0 atom stereocenters. The van der Waals surface area contributed by atoms with Crippen molar-refractivity contribution in [1.29, 1.82) is 0 Å². The molecule has 3 rings (SSSR count). The van der Waals surface area contributed by atoms with Crippen molar-refractivity contribution in [2.45, 2.75) is 31.8 Å². The zero-order valence-corrected chi connectivity index (χ0v) is 14.3. The lowest BCUT2D eigenvalue weighted by molar-refractivity contribution is -0.122. The van der Waals surface area contributed by atoms with Crippen LogP contribution in [0, 0.1) is 0 Å². The summed E-state index contributed by atoms with van der Waals surface area (Å²) in [5.74, 6) is -0.193. The van der Waals surface area contributed by atoms with Crippen LogP contribution in [0.15, 0.2) is 18.2 Å². The smallest absolute Gasteiger partial charge is 0.250 e. The fraction of sp³-hybridized carbons (Fsp3) is 0.529. The van der Waals surface area contributed by atoms with E-state index in [0.717, 1.165) is 18.5 Å². The van der Waals surface area contributed by atoms with Crippen molar-refractivity contribution in [3.8, 4) is 0 Å². The van der Waals surface area contributed by atoms with Gasteiger partial charge in [0.1, 0.15) is 6.61 Å². The predicted octanol–water partition coefficient (Wildman–Crippen LogP) is 2.17. The number of rotatable bonds is 5. The van der Waals surface area contributed by atoms with Crippen molar-refractivity contribution in [2.24, 2.45) is 0 Å². The van der Waals surface area contributed by atoms with Gasteiger partial charge in [0.2, 0.25) is 11.8 Å². The van der Waals surface area contributed by atoms with E-state index in [0.29, 0.717) is 30.3 Å². The molecule has 130 valence electrons. The highest BCUT2D eigenvalue weighted by molar-refractivity contribution is 6.33. The third kappa shape index (κ3) is 4.39. The Balaban J connectivity index is 1.55. The van der Waals surface area contributed by atoms with Crippen LogP contribution in [0.25, 0.3) is 0 Å². The Morgan fingerprint density at radius 3 is 2.88 bits per heavy atom. The maximum Gasteiger partial charge on any atom is 0.250 e. The fourth-order valence-electron chi connectivity index (χ4n) is 3.13. The molecular weight excluding hydrogens is 330 g/mol. The largest absolute Gasteiger partial charge is 0.368 e. The Morgan fingerprint density at radius 2 is 2.17 bits per heavy atom. The van der Waals surface area contributed by atoms with Crippen LogP contribution in [0.5, 0.6) is 0 Å². The van der Waals surface area contributed by atoms with Crippen LogP contribution >= 0.6 is 11.6 Å². The van der Waals surface area contributed by atoms with Gasteiger partial charge in [0.05, 0.1) is 23.4 Å². The molecule has 0 bridgehead atoms. The highest BCUT2D eigenvalue weighted by Gasteiger charge is 2.19. The molecule has 24 heavy (non-hydrogen) atoms. The van der Waals surface area contributed by atoms with Crippen molar-refractivity contribution in [1.82, 2.24) is 5.32 Å². The monoisotopic (exact) mass is 351 g/mol. The second-order valence-corrected chi connectivity index (χ2v) is 6.61. The number of benzene rings is 1. The zero-order valence-electron chi connectivity index (χ0n) is 13.5. The topological polar surface area (TPSA) is 70.7 Å². The average Bonchev–Trinajstić information content (AvgIpc) is 3.06. The van der Waals surface area contributed by atoms with Gasteiger partial charge in [-0.1, -0.05) is 24.4 Å². The summed E-state index contributed by atoms with van der Waals surface area (Å²) in [7, 11) is 0. The van der Waals surface area contributed by atoms with Crippen LogP contribution in [0.4, 0.5) is 11.4 Å². The van der Waals surface area contributed by atoms with E-state index in [2.05, 4.69) is 10.6 Å². The summed E-state index contributed by atoms with van der Waals surface area (Å²) in [6, 6.07) is 5.33. The van der Waals surface area contributed by atoms with Gasteiger partial charge in [-0.25, -0.2) is 0 Å². The first-order chi connectivity index (χ1) is 11.6. The van der Waals surface area contributed by atoms with E-state index in [-0.39, 0.29) is 24.5 Å². The van der Waals surface area contributed by atoms with E-state index < -0.39 is 0 Å². The van der Waals surface area contributed by atoms with Crippen molar-refractivity contribution >= 4 is 34.8 Å². The molecule has 0 unspecified atom stereocenters. The van der Waals surface area contributed by atoms with Gasteiger partial charge in [-0.3, -0.25) is 9.59 Å². The van der Waals surface area contributed by atoms with Crippen LogP contribution in [-0.4, -0.2) is 44.2 Å². The Morgan fingerprint density at radius 1 is 1.38 bits per heavy atom. The minimum absolute atomic E-state index is 0.0150. The molecule has 0 spiro atoms. The van der Waals surface area contributed by atoms with Crippen molar-refractivity contribution in [2.75, 3.05) is 36.5 Å². The lowest BCUT2D eigenvalue weighted by Crippen LogP contribution is -2.47. The van der Waals surface area contributed by atoms with Gasteiger partial charge < -0.3 is 20.3 Å². The summed E-state index contributed by atoms with van der Waals surface area (Å²) in [6.07, 6.45) is 4.65. The lowest BCUT2D eigenvalue weighted by atomic mass is 10.2. The van der Waals surface area contributed by atoms with Gasteiger partial charge in [-0.2, -0.15) is 0 Å². The SMILES string of the molecule is O=C1CN(c2ccc(NC(=O)COC3CCCC3)cc2Cl)CCN1. The molecule has 1 saturated heterocycles. The van der Waals surface area contributed by atoms with Gasteiger partial charge in [-0.15, -0.1) is 0 Å². The number of nitrogens with one attached hydrogen (secondary N) is 2. The van der Waals surface area contributed by atoms with Gasteiger partial charge in [0.15, 0.2) is 0 Å². The number of amides is 2. The molecule has 1 aliphatic carbocycles. The first-order valence-electron chi connectivity index (χ1n) is 8.34. The zero-order chi connectivity index (χ0) is 16.9. The highest BCUT2D eigenvalue weighted by atomic mass is 35.5. The molecule has 2 aliphatic rings. The minimum Gasteiger partial charge on any atom is -0.368 e. The molecule has 0 radical (unpaired) electrons. The van der Waals surface area contributed by atoms with Gasteiger partial charge in [0, 0.05) is 18.8 Å². The fourth-order valence-corrected chi connectivity index (χ4v) is 3.43. The van der Waals surface area contributed by atoms with E-state index in [4.69, 9.17) is 16.3 Å². The molecule has 6 nitrogen and oxygen atoms in total. The third-order valence-electron chi connectivity index (χ3n) is 4.36. The lowest BCUT2D eigenvalue weighted by Gasteiger charge is -2.29. The number of carbonyl (C=O) groups is 2. The maximum absolute atomic E-state index is 12.0. The Bertz CT molecular complexity index is 617. The Kier molecular flexibility index (Phi) is 5.58. The summed E-state index contributed by atoms with van der Waals surface area (Å²) in [4.78, 5) is 25.4. The Hall–Kier alpha value is -1.79. The molecular formula is C17H22ClN3O3. The highest BCUT2D eigenvalue weighted by Crippen LogP contribution is 2.29. The van der Waals surface area contributed by atoms with E-state index in [9.17, 15) is 9.59 Å². The molecule has 1 heterocycles. The summed E-state index contributed by atoms with van der Waals surface area (Å²) in [5.41, 5.74) is 1.43. The molecule has 1 saturated carbocycles. The predicted molar refractivity (Wildman–Crippen MR) is 93.5 cm³/mol. The first-order valence-corrected chi connectivity index (χ1v) is 8.72. The van der Waals surface area contributed by atoms with E-state index >= 15 is 0 Å². The number of hydrogen-bond donors (Lipinski definition) is 2. The minimum atomic E-state index is -0.178. The standard InChI is InChI=1S/C17H22ClN3O3/c18-14-9-12(20-17(23)11-24-13-3-1-2-4-13)5-6-15(14)21-8-7-19-16(22)10-21/h5-6,9,13H,1-4,7-8,10-11H2,(H,19,22)(H,20,23). The number of ether oxygens (including phenoxy) is 1. The average molecular weight is 352 g/mol. The van der Waals surface area contributed by atoms with Crippen molar-refractivity contribution in [3.05, 3.63) is 23.2 Å². The summed E-state index contributed by atoms with van der Waals surface area (Å²) in [5, 5.41) is 6.09. The van der Waals surface area contributed by atoms with Crippen molar-refractivity contribution < 1.29 is 14.3 Å². The quantitative estimate of drug-likeness (QED) is 0.853. The number of hydrogen-bond acceptors (Lipinski definition) is 4. The second-order valence-electron chi connectivity index (χ2n) is 6.20. The summed E-state index contributed by atoms with van der Waals surface area (Å²) in [6.45, 7) is 1.68. The van der Waals surface area contributed by atoms with Crippen LogP contribution < -0.4 is 15.5 Å². The molecule has 7 heteroatoms. The van der Waals surface area contributed by atoms with Crippen LogP contribution in [-0.2, 0) is 14.3 Å². The maximum atomic E-state index is 12.0. The molecule has 0 aromatic heterocycles. The molecule has 2 amide bonds. The third-order valence-corrected chi connectivity index (χ3v) is 4.67. The number of piperazine rings is 1. The van der Waals surface area contributed by atoms with Crippen LogP contribution in [0.3, 0.4) is 0 Å². The second kappa shape index (κ2) is 7.85. The summed E-state index contributed by atoms with van der Waals surface area (Å²) >= 11 is 6.32. The number of carbonyl (C=O) groups excluding carboxylic acids is 2. The van der Waals surface area contributed by atoms with Gasteiger partial charge >= 0.3 is 0 Å². The Labute approximate surface area is 146 Å². The van der Waals surface area contributed by atoms with Crippen molar-refractivity contribution in [3.63, 3.8) is 0 Å².